The lowest BCUT2D eigenvalue weighted by Crippen LogP contribution is -2.29. The Labute approximate surface area is 150 Å². The van der Waals surface area contributed by atoms with Gasteiger partial charge in [-0.15, -0.1) is 0 Å². The molecule has 0 saturated carbocycles. The maximum Gasteiger partial charge on any atom is 0.332 e. The van der Waals surface area contributed by atoms with Gasteiger partial charge in [0.15, 0.2) is 0 Å². The molecule has 0 atom stereocenters. The fourth-order valence-corrected chi connectivity index (χ4v) is 2.51. The molecule has 1 N–H and O–H groups in total. The maximum absolute atomic E-state index is 12.4. The number of hydrogen-bond donors (Lipinski definition) is 1. The second-order valence-electron chi connectivity index (χ2n) is 5.56. The lowest BCUT2D eigenvalue weighted by Gasteiger charge is -2.17. The van der Waals surface area contributed by atoms with Gasteiger partial charge < -0.3 is 4.74 Å². The molecular formula is C18H17N5O3. The molecule has 0 unspecified atom stereocenters. The minimum absolute atomic E-state index is 0.103. The first-order valence-electron chi connectivity index (χ1n) is 7.85. The van der Waals surface area contributed by atoms with Gasteiger partial charge in [0.25, 0.3) is 11.9 Å². The number of anilines is 1. The van der Waals surface area contributed by atoms with Gasteiger partial charge in [-0.1, -0.05) is 18.2 Å². The van der Waals surface area contributed by atoms with E-state index in [-0.39, 0.29) is 17.6 Å². The third-order valence-corrected chi connectivity index (χ3v) is 3.56. The van der Waals surface area contributed by atoms with E-state index in [4.69, 9.17) is 0 Å². The molecular weight excluding hydrogens is 334 g/mol. The van der Waals surface area contributed by atoms with Crippen LogP contribution in [0.5, 0.6) is 0 Å². The van der Waals surface area contributed by atoms with Crippen molar-refractivity contribution in [3.8, 4) is 0 Å². The first-order valence-corrected chi connectivity index (χ1v) is 7.85. The molecule has 8 nitrogen and oxygen atoms in total. The smallest absolute Gasteiger partial charge is 0.332 e. The Kier molecular flexibility index (Phi) is 4.74. The third-order valence-electron chi connectivity index (χ3n) is 3.56. The van der Waals surface area contributed by atoms with Gasteiger partial charge >= 0.3 is 5.97 Å². The van der Waals surface area contributed by atoms with Crippen molar-refractivity contribution in [2.45, 2.75) is 13.8 Å². The molecule has 3 rings (SSSR count). The van der Waals surface area contributed by atoms with E-state index in [0.29, 0.717) is 5.69 Å². The Morgan fingerprint density at radius 3 is 2.46 bits per heavy atom. The maximum atomic E-state index is 12.4. The quantitative estimate of drug-likeness (QED) is 0.669. The van der Waals surface area contributed by atoms with Crippen LogP contribution in [0.25, 0.3) is 0 Å². The number of guanidine groups is 1. The number of nitrogens with one attached hydrogen (secondary N) is 1. The zero-order chi connectivity index (χ0) is 18.7. The highest BCUT2D eigenvalue weighted by atomic mass is 16.5. The molecule has 1 amide bonds. The van der Waals surface area contributed by atoms with Crippen molar-refractivity contribution < 1.29 is 14.3 Å². The van der Waals surface area contributed by atoms with Crippen LogP contribution >= 0.6 is 0 Å². The minimum atomic E-state index is -0.639. The highest BCUT2D eigenvalue weighted by Crippen LogP contribution is 2.24. The molecule has 1 aliphatic heterocycles. The van der Waals surface area contributed by atoms with E-state index in [2.05, 4.69) is 25.0 Å². The summed E-state index contributed by atoms with van der Waals surface area (Å²) in [7, 11) is 1.25. The first-order chi connectivity index (χ1) is 12.5. The summed E-state index contributed by atoms with van der Waals surface area (Å²) in [6.07, 6.45) is 1.12. The average molecular weight is 351 g/mol. The predicted octanol–water partition coefficient (Wildman–Crippen LogP) is 1.77. The second-order valence-corrected chi connectivity index (χ2v) is 5.56. The van der Waals surface area contributed by atoms with E-state index < -0.39 is 11.9 Å². The number of nitrogens with zero attached hydrogens (tertiary/aromatic N) is 4. The largest absolute Gasteiger partial charge is 0.466 e. The summed E-state index contributed by atoms with van der Waals surface area (Å²) in [6, 6.07) is 10.9. The molecule has 1 saturated heterocycles. The second kappa shape index (κ2) is 7.14. The van der Waals surface area contributed by atoms with Crippen molar-refractivity contribution in [2.24, 2.45) is 4.99 Å². The van der Waals surface area contributed by atoms with Crippen molar-refractivity contribution in [1.82, 2.24) is 15.3 Å². The number of para-hydroxylation sites is 1. The summed E-state index contributed by atoms with van der Waals surface area (Å²) < 4.78 is 4.64. The fraction of sp³-hybridized carbons (Fsp3) is 0.167. The predicted molar refractivity (Wildman–Crippen MR) is 95.8 cm³/mol. The zero-order valence-electron chi connectivity index (χ0n) is 14.6. The normalized spacial score (nSPS) is 16.9. The van der Waals surface area contributed by atoms with Crippen LogP contribution in [0, 0.1) is 13.8 Å². The SMILES string of the molecule is COC(=O)/C=C1\C(=O)N/C(=N\c2nc(C)cc(C)n2)N1c1ccccc1. The number of benzene rings is 1. The standard InChI is InChI=1S/C18H17N5O3/c1-11-9-12(2)20-17(19-11)22-18-21-16(25)14(10-15(24)26-3)23(18)13-7-5-4-6-8-13/h4-10H,1-3H3,(H,19,20,21,22,25)/b14-10+. The Bertz CT molecular complexity index is 901. The van der Waals surface area contributed by atoms with Gasteiger partial charge in [-0.05, 0) is 32.0 Å². The van der Waals surface area contributed by atoms with E-state index in [1.807, 2.05) is 38.1 Å². The van der Waals surface area contributed by atoms with Crippen LogP contribution < -0.4 is 10.2 Å². The lowest BCUT2D eigenvalue weighted by atomic mass is 10.2. The van der Waals surface area contributed by atoms with E-state index in [9.17, 15) is 9.59 Å². The van der Waals surface area contributed by atoms with Gasteiger partial charge in [-0.2, -0.15) is 4.99 Å². The van der Waals surface area contributed by atoms with E-state index in [1.165, 1.54) is 12.0 Å². The number of methoxy groups -OCH3 is 1. The molecule has 0 aliphatic carbocycles. The number of carbonyl (C=O) groups is 2. The van der Waals surface area contributed by atoms with Crippen LogP contribution in [0.15, 0.2) is 53.2 Å². The Balaban J connectivity index is 2.11. The van der Waals surface area contributed by atoms with E-state index in [0.717, 1.165) is 17.5 Å². The highest BCUT2D eigenvalue weighted by Gasteiger charge is 2.33. The molecule has 0 radical (unpaired) electrons. The van der Waals surface area contributed by atoms with Crippen LogP contribution in [-0.4, -0.2) is 34.9 Å². The number of aromatic nitrogens is 2. The molecule has 1 aromatic carbocycles. The summed E-state index contributed by atoms with van der Waals surface area (Å²) in [5.74, 6) is -0.679. The number of carbonyl (C=O) groups excluding carboxylic acids is 2. The molecule has 1 aromatic heterocycles. The molecule has 1 aliphatic rings. The molecule has 0 spiro atoms. The van der Waals surface area contributed by atoms with Gasteiger partial charge in [-0.25, -0.2) is 14.8 Å². The fourth-order valence-electron chi connectivity index (χ4n) is 2.51. The molecule has 8 heteroatoms. The number of amides is 1. The Hall–Kier alpha value is -3.55. The highest BCUT2D eigenvalue weighted by molar-refractivity contribution is 6.24. The number of esters is 1. The van der Waals surface area contributed by atoms with E-state index >= 15 is 0 Å². The van der Waals surface area contributed by atoms with Crippen LogP contribution in [0.2, 0.25) is 0 Å². The molecule has 2 aromatic rings. The Morgan fingerprint density at radius 2 is 1.85 bits per heavy atom. The molecule has 1 fully saturated rings. The summed E-state index contributed by atoms with van der Waals surface area (Å²) in [5.41, 5.74) is 2.28. The number of rotatable bonds is 3. The van der Waals surface area contributed by atoms with Crippen molar-refractivity contribution in [3.63, 3.8) is 0 Å². The topological polar surface area (TPSA) is 96.8 Å². The molecule has 0 bridgehead atoms. The summed E-state index contributed by atoms with van der Waals surface area (Å²) in [4.78, 5) is 38.5. The number of hydrogen-bond acceptors (Lipinski definition) is 6. The monoisotopic (exact) mass is 351 g/mol. The molecule has 2 heterocycles. The van der Waals surface area contributed by atoms with Gasteiger partial charge in [0.2, 0.25) is 5.96 Å². The van der Waals surface area contributed by atoms with Crippen LogP contribution in [0.3, 0.4) is 0 Å². The molecule has 132 valence electrons. The van der Waals surface area contributed by atoms with E-state index in [1.54, 1.807) is 12.1 Å². The van der Waals surface area contributed by atoms with Crippen molar-refractivity contribution in [1.29, 1.82) is 0 Å². The number of aryl methyl sites for hydroxylation is 2. The zero-order valence-corrected chi connectivity index (χ0v) is 14.6. The summed E-state index contributed by atoms with van der Waals surface area (Å²) in [5, 5.41) is 2.65. The van der Waals surface area contributed by atoms with Gasteiger partial charge in [-0.3, -0.25) is 15.0 Å². The summed E-state index contributed by atoms with van der Waals surface area (Å²) in [6.45, 7) is 3.67. The Morgan fingerprint density at radius 1 is 1.19 bits per heavy atom. The van der Waals surface area contributed by atoms with Crippen LogP contribution in [0.4, 0.5) is 11.6 Å². The van der Waals surface area contributed by atoms with Gasteiger partial charge in [0.05, 0.1) is 13.2 Å². The van der Waals surface area contributed by atoms with Gasteiger partial charge in [0.1, 0.15) is 5.70 Å². The number of ether oxygens (including phenoxy) is 1. The average Bonchev–Trinajstić information content (AvgIpc) is 2.89. The number of aliphatic imine (C=N–C) groups is 1. The lowest BCUT2D eigenvalue weighted by molar-refractivity contribution is -0.135. The van der Waals surface area contributed by atoms with Crippen molar-refractivity contribution >= 4 is 29.5 Å². The van der Waals surface area contributed by atoms with Crippen molar-refractivity contribution in [3.05, 3.63) is 59.6 Å². The van der Waals surface area contributed by atoms with Crippen LogP contribution in [0.1, 0.15) is 11.4 Å². The minimum Gasteiger partial charge on any atom is -0.466 e. The first kappa shape index (κ1) is 17.3. The summed E-state index contributed by atoms with van der Waals surface area (Å²) >= 11 is 0. The third kappa shape index (κ3) is 3.59. The van der Waals surface area contributed by atoms with Gasteiger partial charge in [0, 0.05) is 17.1 Å². The molecule has 26 heavy (non-hydrogen) atoms. The van der Waals surface area contributed by atoms with Crippen molar-refractivity contribution in [2.75, 3.05) is 12.0 Å². The van der Waals surface area contributed by atoms with Crippen LogP contribution in [-0.2, 0) is 14.3 Å².